The summed E-state index contributed by atoms with van der Waals surface area (Å²) < 4.78 is 25.2. The van der Waals surface area contributed by atoms with E-state index in [2.05, 4.69) is 10.6 Å². The predicted octanol–water partition coefficient (Wildman–Crippen LogP) is 1.08. The number of nitrogens with one attached hydrogen (secondary N) is 2. The SMILES string of the molecule is CCC1Nc2ccc(S(=O)(=O)N(C)C)cc2NC1=O. The third-order valence-corrected chi connectivity index (χ3v) is 4.89. The molecule has 1 heterocycles. The Kier molecular flexibility index (Phi) is 3.51. The van der Waals surface area contributed by atoms with Crippen LogP contribution in [-0.2, 0) is 14.8 Å². The highest BCUT2D eigenvalue weighted by Gasteiger charge is 2.26. The van der Waals surface area contributed by atoms with E-state index in [4.69, 9.17) is 0 Å². The van der Waals surface area contributed by atoms with E-state index in [1.165, 1.54) is 26.2 Å². The van der Waals surface area contributed by atoms with Crippen LogP contribution < -0.4 is 10.6 Å². The number of sulfonamides is 1. The number of hydrogen-bond acceptors (Lipinski definition) is 4. The number of fused-ring (bicyclic) bond motifs is 1. The maximum atomic E-state index is 12.0. The molecular weight excluding hydrogens is 266 g/mol. The maximum Gasteiger partial charge on any atom is 0.246 e. The van der Waals surface area contributed by atoms with Crippen LogP contribution >= 0.6 is 0 Å². The van der Waals surface area contributed by atoms with Crippen LogP contribution in [0.5, 0.6) is 0 Å². The second kappa shape index (κ2) is 4.82. The van der Waals surface area contributed by atoms with Crippen LogP contribution in [0.1, 0.15) is 13.3 Å². The molecule has 0 saturated carbocycles. The minimum Gasteiger partial charge on any atom is -0.372 e. The fourth-order valence-corrected chi connectivity index (χ4v) is 2.81. The minimum atomic E-state index is -3.49. The van der Waals surface area contributed by atoms with Crippen molar-refractivity contribution in [1.29, 1.82) is 0 Å². The van der Waals surface area contributed by atoms with Crippen molar-refractivity contribution in [3.05, 3.63) is 18.2 Å². The molecule has 0 aliphatic carbocycles. The number of rotatable bonds is 3. The van der Waals surface area contributed by atoms with Gasteiger partial charge in [-0.3, -0.25) is 4.79 Å². The molecule has 0 radical (unpaired) electrons. The van der Waals surface area contributed by atoms with Crippen molar-refractivity contribution >= 4 is 27.3 Å². The average Bonchev–Trinajstić information content (AvgIpc) is 2.36. The molecule has 2 N–H and O–H groups in total. The van der Waals surface area contributed by atoms with Gasteiger partial charge in [-0.1, -0.05) is 6.92 Å². The average molecular weight is 283 g/mol. The highest BCUT2D eigenvalue weighted by Crippen LogP contribution is 2.30. The Morgan fingerprint density at radius 2 is 1.95 bits per heavy atom. The fourth-order valence-electron chi connectivity index (χ4n) is 1.88. The van der Waals surface area contributed by atoms with E-state index < -0.39 is 10.0 Å². The van der Waals surface area contributed by atoms with E-state index in [9.17, 15) is 13.2 Å². The van der Waals surface area contributed by atoms with Gasteiger partial charge in [0.15, 0.2) is 0 Å². The number of amides is 1. The number of carbonyl (C=O) groups is 1. The van der Waals surface area contributed by atoms with Gasteiger partial charge < -0.3 is 10.6 Å². The van der Waals surface area contributed by atoms with Crippen LogP contribution in [0, 0.1) is 0 Å². The quantitative estimate of drug-likeness (QED) is 0.870. The summed E-state index contributed by atoms with van der Waals surface area (Å²) >= 11 is 0. The first-order valence-corrected chi connectivity index (χ1v) is 7.44. The van der Waals surface area contributed by atoms with Crippen molar-refractivity contribution < 1.29 is 13.2 Å². The summed E-state index contributed by atoms with van der Waals surface area (Å²) in [6.07, 6.45) is 0.670. The van der Waals surface area contributed by atoms with Crippen LogP contribution in [0.15, 0.2) is 23.1 Å². The van der Waals surface area contributed by atoms with E-state index in [0.717, 1.165) is 9.99 Å². The Labute approximate surface area is 112 Å². The molecule has 1 aliphatic rings. The van der Waals surface area contributed by atoms with E-state index in [1.54, 1.807) is 6.07 Å². The minimum absolute atomic E-state index is 0.144. The lowest BCUT2D eigenvalue weighted by atomic mass is 10.1. The van der Waals surface area contributed by atoms with Gasteiger partial charge in [-0.05, 0) is 24.6 Å². The summed E-state index contributed by atoms with van der Waals surface area (Å²) in [6.45, 7) is 1.91. The molecule has 1 aliphatic heterocycles. The smallest absolute Gasteiger partial charge is 0.246 e. The zero-order valence-electron chi connectivity index (χ0n) is 11.1. The summed E-state index contributed by atoms with van der Waals surface area (Å²) in [4.78, 5) is 11.9. The number of hydrogen-bond donors (Lipinski definition) is 2. The number of carbonyl (C=O) groups excluding carboxylic acids is 1. The van der Waals surface area contributed by atoms with Gasteiger partial charge in [0.1, 0.15) is 6.04 Å². The molecular formula is C12H17N3O3S. The van der Waals surface area contributed by atoms with Gasteiger partial charge in [-0.2, -0.15) is 0 Å². The second-order valence-corrected chi connectivity index (χ2v) is 6.74. The Bertz CT molecular complexity index is 611. The molecule has 2 rings (SSSR count). The molecule has 0 fully saturated rings. The molecule has 1 amide bonds. The molecule has 7 heteroatoms. The molecule has 1 aromatic rings. The second-order valence-electron chi connectivity index (χ2n) is 4.59. The molecule has 19 heavy (non-hydrogen) atoms. The van der Waals surface area contributed by atoms with Gasteiger partial charge in [0.25, 0.3) is 0 Å². The van der Waals surface area contributed by atoms with E-state index in [-0.39, 0.29) is 16.8 Å². The van der Waals surface area contributed by atoms with Crippen LogP contribution in [0.2, 0.25) is 0 Å². The first-order valence-electron chi connectivity index (χ1n) is 6.00. The Balaban J connectivity index is 2.42. The first-order chi connectivity index (χ1) is 8.86. The van der Waals surface area contributed by atoms with Gasteiger partial charge >= 0.3 is 0 Å². The molecule has 1 aromatic carbocycles. The fraction of sp³-hybridized carbons (Fsp3) is 0.417. The molecule has 104 valence electrons. The first kappa shape index (κ1) is 13.8. The highest BCUT2D eigenvalue weighted by atomic mass is 32.2. The van der Waals surface area contributed by atoms with Gasteiger partial charge in [0.2, 0.25) is 15.9 Å². The molecule has 0 bridgehead atoms. The van der Waals surface area contributed by atoms with Crippen molar-refractivity contribution in [1.82, 2.24) is 4.31 Å². The normalized spacial score (nSPS) is 18.7. The third-order valence-electron chi connectivity index (χ3n) is 3.08. The number of nitrogens with zero attached hydrogens (tertiary/aromatic N) is 1. The monoisotopic (exact) mass is 283 g/mol. The Morgan fingerprint density at radius 1 is 1.26 bits per heavy atom. The zero-order chi connectivity index (χ0) is 14.2. The van der Waals surface area contributed by atoms with Crippen molar-refractivity contribution in [2.24, 2.45) is 0 Å². The molecule has 0 spiro atoms. The molecule has 1 atom stereocenters. The van der Waals surface area contributed by atoms with Crippen LogP contribution in [0.3, 0.4) is 0 Å². The summed E-state index contributed by atoms with van der Waals surface area (Å²) in [5, 5.41) is 5.81. The molecule has 6 nitrogen and oxygen atoms in total. The topological polar surface area (TPSA) is 78.5 Å². The molecule has 1 unspecified atom stereocenters. The van der Waals surface area contributed by atoms with Gasteiger partial charge in [0, 0.05) is 14.1 Å². The Morgan fingerprint density at radius 3 is 2.53 bits per heavy atom. The predicted molar refractivity (Wildman–Crippen MR) is 73.6 cm³/mol. The van der Waals surface area contributed by atoms with Crippen LogP contribution in [0.25, 0.3) is 0 Å². The van der Waals surface area contributed by atoms with Crippen molar-refractivity contribution in [2.45, 2.75) is 24.3 Å². The van der Waals surface area contributed by atoms with Crippen LogP contribution in [0.4, 0.5) is 11.4 Å². The number of anilines is 2. The summed E-state index contributed by atoms with van der Waals surface area (Å²) in [5.74, 6) is -0.144. The summed E-state index contributed by atoms with van der Waals surface area (Å²) in [5.41, 5.74) is 1.24. The summed E-state index contributed by atoms with van der Waals surface area (Å²) in [7, 11) is -0.551. The largest absolute Gasteiger partial charge is 0.372 e. The van der Waals surface area contributed by atoms with E-state index in [1.807, 2.05) is 6.92 Å². The number of benzene rings is 1. The van der Waals surface area contributed by atoms with Crippen molar-refractivity contribution in [3.63, 3.8) is 0 Å². The van der Waals surface area contributed by atoms with Gasteiger partial charge in [0.05, 0.1) is 16.3 Å². The maximum absolute atomic E-state index is 12.0. The zero-order valence-corrected chi connectivity index (χ0v) is 11.9. The summed E-state index contributed by atoms with van der Waals surface area (Å²) in [6, 6.07) is 4.41. The lowest BCUT2D eigenvalue weighted by Crippen LogP contribution is -2.38. The standard InChI is InChI=1S/C12H17N3O3S/c1-4-9-12(16)14-11-7-8(5-6-10(11)13-9)19(17,18)15(2)3/h5-7,9,13H,4H2,1-3H3,(H,14,16). The van der Waals surface area contributed by atoms with Gasteiger partial charge in [-0.15, -0.1) is 0 Å². The van der Waals surface area contributed by atoms with Crippen molar-refractivity contribution in [3.8, 4) is 0 Å². The highest BCUT2D eigenvalue weighted by molar-refractivity contribution is 7.89. The lowest BCUT2D eigenvalue weighted by molar-refractivity contribution is -0.117. The molecule has 0 saturated heterocycles. The van der Waals surface area contributed by atoms with E-state index >= 15 is 0 Å². The molecule has 0 aromatic heterocycles. The van der Waals surface area contributed by atoms with E-state index in [0.29, 0.717) is 12.1 Å². The third kappa shape index (κ3) is 2.43. The Hall–Kier alpha value is -1.60. The van der Waals surface area contributed by atoms with Crippen molar-refractivity contribution in [2.75, 3.05) is 24.7 Å². The lowest BCUT2D eigenvalue weighted by Gasteiger charge is -2.26. The van der Waals surface area contributed by atoms with Gasteiger partial charge in [-0.25, -0.2) is 12.7 Å². The van der Waals surface area contributed by atoms with Crippen LogP contribution in [-0.4, -0.2) is 38.8 Å².